The Morgan fingerprint density at radius 2 is 1.78 bits per heavy atom. The molecule has 0 radical (unpaired) electrons. The summed E-state index contributed by atoms with van der Waals surface area (Å²) in [5.41, 5.74) is 2.05. The lowest BCUT2D eigenvalue weighted by molar-refractivity contribution is -0.128. The molecule has 0 spiro atoms. The van der Waals surface area contributed by atoms with Crippen molar-refractivity contribution in [2.75, 3.05) is 24.6 Å². The minimum atomic E-state index is -0.537. The van der Waals surface area contributed by atoms with Crippen molar-refractivity contribution in [2.45, 2.75) is 52.6 Å². The summed E-state index contributed by atoms with van der Waals surface area (Å²) in [6.45, 7) is 8.21. The van der Waals surface area contributed by atoms with Crippen LogP contribution in [0, 0.1) is 0 Å². The van der Waals surface area contributed by atoms with Gasteiger partial charge in [0.05, 0.1) is 5.69 Å². The van der Waals surface area contributed by atoms with Crippen LogP contribution < -0.4 is 9.64 Å². The molecule has 0 aliphatic carbocycles. The fraction of sp³-hybridized carbons (Fsp3) is 0.550. The predicted octanol–water partition coefficient (Wildman–Crippen LogP) is 2.68. The van der Waals surface area contributed by atoms with Gasteiger partial charge in [0.15, 0.2) is 6.61 Å². The molecule has 0 bridgehead atoms. The Bertz CT molecular complexity index is 781. The third kappa shape index (κ3) is 4.07. The topological polar surface area (TPSA) is 76.2 Å². The highest BCUT2D eigenvalue weighted by molar-refractivity contribution is 6.17. The Labute approximate surface area is 159 Å². The molecule has 27 heavy (non-hydrogen) atoms. The van der Waals surface area contributed by atoms with Gasteiger partial charge in [0.1, 0.15) is 11.4 Å². The van der Waals surface area contributed by atoms with Crippen molar-refractivity contribution in [3.8, 4) is 5.75 Å². The van der Waals surface area contributed by atoms with Gasteiger partial charge in [0, 0.05) is 19.5 Å². The molecule has 146 valence electrons. The molecule has 0 fully saturated rings. The minimum Gasteiger partial charge on any atom is -0.482 e. The molecule has 0 aromatic heterocycles. The van der Waals surface area contributed by atoms with E-state index in [-0.39, 0.29) is 30.9 Å². The van der Waals surface area contributed by atoms with Crippen LogP contribution in [-0.4, -0.2) is 48.1 Å². The number of anilines is 1. The van der Waals surface area contributed by atoms with E-state index in [4.69, 9.17) is 9.47 Å². The highest BCUT2D eigenvalue weighted by Gasteiger charge is 2.32. The molecule has 3 rings (SSSR count). The minimum absolute atomic E-state index is 0.137. The molecule has 2 aliphatic rings. The van der Waals surface area contributed by atoms with Gasteiger partial charge in [-0.3, -0.25) is 9.59 Å². The summed E-state index contributed by atoms with van der Waals surface area (Å²) in [7, 11) is 0. The second-order valence-electron chi connectivity index (χ2n) is 7.82. The van der Waals surface area contributed by atoms with E-state index in [1.54, 1.807) is 11.8 Å². The first-order chi connectivity index (χ1) is 12.7. The molecule has 2 aliphatic heterocycles. The lowest BCUT2D eigenvalue weighted by atomic mass is 10.0. The van der Waals surface area contributed by atoms with Crippen LogP contribution in [0.3, 0.4) is 0 Å². The van der Waals surface area contributed by atoms with Gasteiger partial charge < -0.3 is 14.4 Å². The number of carbonyl (C=O) groups is 3. The van der Waals surface area contributed by atoms with Crippen LogP contribution in [0.2, 0.25) is 0 Å². The van der Waals surface area contributed by atoms with Gasteiger partial charge in [-0.15, -0.1) is 0 Å². The summed E-state index contributed by atoms with van der Waals surface area (Å²) in [6.07, 6.45) is 1.22. The molecule has 1 aromatic rings. The van der Waals surface area contributed by atoms with Crippen LogP contribution in [0.5, 0.6) is 5.75 Å². The van der Waals surface area contributed by atoms with Crippen LogP contribution in [0.15, 0.2) is 12.1 Å². The van der Waals surface area contributed by atoms with Crippen LogP contribution in [-0.2, 0) is 27.2 Å². The molecule has 0 atom stereocenters. The number of fused-ring (bicyclic) bond motifs is 2. The van der Waals surface area contributed by atoms with Crippen LogP contribution >= 0.6 is 0 Å². The van der Waals surface area contributed by atoms with Crippen molar-refractivity contribution >= 4 is 23.6 Å². The number of benzene rings is 1. The van der Waals surface area contributed by atoms with Gasteiger partial charge in [0.25, 0.3) is 5.91 Å². The van der Waals surface area contributed by atoms with Crippen molar-refractivity contribution in [3.05, 3.63) is 23.3 Å². The van der Waals surface area contributed by atoms with E-state index in [2.05, 4.69) is 0 Å². The average Bonchev–Trinajstić information content (AvgIpc) is 2.80. The zero-order chi connectivity index (χ0) is 19.8. The number of rotatable bonds is 1. The van der Waals surface area contributed by atoms with Crippen LogP contribution in [0.1, 0.15) is 45.2 Å². The van der Waals surface area contributed by atoms with Crippen molar-refractivity contribution in [1.29, 1.82) is 0 Å². The fourth-order valence-electron chi connectivity index (χ4n) is 3.31. The predicted molar refractivity (Wildman–Crippen MR) is 99.9 cm³/mol. The average molecular weight is 374 g/mol. The summed E-state index contributed by atoms with van der Waals surface area (Å²) in [4.78, 5) is 39.7. The molecule has 0 N–H and O–H groups in total. The largest absolute Gasteiger partial charge is 0.482 e. The zero-order valence-corrected chi connectivity index (χ0v) is 16.3. The Balaban J connectivity index is 1.85. The number of hydrogen-bond donors (Lipinski definition) is 0. The van der Waals surface area contributed by atoms with E-state index < -0.39 is 5.60 Å². The third-order valence-corrected chi connectivity index (χ3v) is 4.63. The van der Waals surface area contributed by atoms with Crippen molar-refractivity contribution < 1.29 is 23.9 Å². The highest BCUT2D eigenvalue weighted by atomic mass is 16.6. The summed E-state index contributed by atoms with van der Waals surface area (Å²) < 4.78 is 11.0. The standard InChI is InChI=1S/C20H26N2O5/c1-5-17(23)22-15-10-13-6-8-21(19(25)27-20(2,3)4)9-7-14(13)11-16(15)26-12-18(22)24/h10-11H,5-9,12H2,1-4H3. The Morgan fingerprint density at radius 1 is 1.15 bits per heavy atom. The van der Waals surface area contributed by atoms with Gasteiger partial charge in [0.2, 0.25) is 5.91 Å². The van der Waals surface area contributed by atoms with Gasteiger partial charge in [-0.2, -0.15) is 0 Å². The Morgan fingerprint density at radius 3 is 2.37 bits per heavy atom. The van der Waals surface area contributed by atoms with E-state index >= 15 is 0 Å². The second kappa shape index (κ2) is 7.21. The van der Waals surface area contributed by atoms with Crippen LogP contribution in [0.4, 0.5) is 10.5 Å². The molecule has 0 unspecified atom stereocenters. The Hall–Kier alpha value is -2.57. The second-order valence-corrected chi connectivity index (χ2v) is 7.82. The molecule has 0 saturated carbocycles. The number of amides is 3. The smallest absolute Gasteiger partial charge is 0.410 e. The summed E-state index contributed by atoms with van der Waals surface area (Å²) >= 11 is 0. The maximum atomic E-state index is 12.4. The van der Waals surface area contributed by atoms with Gasteiger partial charge in [-0.25, -0.2) is 9.69 Å². The molecule has 3 amide bonds. The van der Waals surface area contributed by atoms with E-state index in [9.17, 15) is 14.4 Å². The molecule has 2 heterocycles. The summed E-state index contributed by atoms with van der Waals surface area (Å²) in [6, 6.07) is 3.75. The van der Waals surface area contributed by atoms with E-state index in [1.807, 2.05) is 32.9 Å². The van der Waals surface area contributed by atoms with E-state index in [1.165, 1.54) is 4.90 Å². The number of nitrogens with zero attached hydrogens (tertiary/aromatic N) is 2. The quantitative estimate of drug-likeness (QED) is 0.755. The first kappa shape index (κ1) is 19.2. The fourth-order valence-corrected chi connectivity index (χ4v) is 3.31. The number of hydrogen-bond acceptors (Lipinski definition) is 5. The maximum Gasteiger partial charge on any atom is 0.410 e. The normalized spacial score (nSPS) is 16.8. The van der Waals surface area contributed by atoms with Gasteiger partial charge in [-0.05, 0) is 56.9 Å². The molecule has 7 nitrogen and oxygen atoms in total. The number of imide groups is 1. The third-order valence-electron chi connectivity index (χ3n) is 4.63. The lowest BCUT2D eigenvalue weighted by Crippen LogP contribution is -2.43. The van der Waals surface area contributed by atoms with Crippen molar-refractivity contribution in [3.63, 3.8) is 0 Å². The lowest BCUT2D eigenvalue weighted by Gasteiger charge is -2.28. The van der Waals surface area contributed by atoms with E-state index in [0.717, 1.165) is 11.1 Å². The molecule has 1 aromatic carbocycles. The molecular formula is C20H26N2O5. The number of ether oxygens (including phenoxy) is 2. The summed E-state index contributed by atoms with van der Waals surface area (Å²) in [5.74, 6) is -0.0484. The molecule has 0 saturated heterocycles. The first-order valence-corrected chi connectivity index (χ1v) is 9.32. The highest BCUT2D eigenvalue weighted by Crippen LogP contribution is 2.36. The maximum absolute atomic E-state index is 12.4. The van der Waals surface area contributed by atoms with Crippen molar-refractivity contribution in [1.82, 2.24) is 4.90 Å². The monoisotopic (exact) mass is 374 g/mol. The summed E-state index contributed by atoms with van der Waals surface area (Å²) in [5, 5.41) is 0. The van der Waals surface area contributed by atoms with Gasteiger partial charge in [-0.1, -0.05) is 6.92 Å². The first-order valence-electron chi connectivity index (χ1n) is 9.32. The molecule has 7 heteroatoms. The van der Waals surface area contributed by atoms with E-state index in [0.29, 0.717) is 37.4 Å². The van der Waals surface area contributed by atoms with Crippen LogP contribution in [0.25, 0.3) is 0 Å². The molecular weight excluding hydrogens is 348 g/mol. The van der Waals surface area contributed by atoms with Crippen molar-refractivity contribution in [2.24, 2.45) is 0 Å². The Kier molecular flexibility index (Phi) is 5.13. The van der Waals surface area contributed by atoms with Gasteiger partial charge >= 0.3 is 6.09 Å². The zero-order valence-electron chi connectivity index (χ0n) is 16.3. The number of carbonyl (C=O) groups excluding carboxylic acids is 3. The SMILES string of the molecule is CCC(=O)N1C(=O)COc2cc3c(cc21)CCN(C(=O)OC(C)(C)C)CC3.